The maximum absolute atomic E-state index is 11.8. The van der Waals surface area contributed by atoms with Crippen molar-refractivity contribution in [3.05, 3.63) is 59.0 Å². The fraction of sp³-hybridized carbons (Fsp3) is 0.294. The van der Waals surface area contributed by atoms with E-state index in [2.05, 4.69) is 10.5 Å². The van der Waals surface area contributed by atoms with Gasteiger partial charge in [-0.15, -0.1) is 0 Å². The molecule has 2 aromatic rings. The third-order valence-corrected chi connectivity index (χ3v) is 3.20. The fourth-order valence-electron chi connectivity index (χ4n) is 2.16. The van der Waals surface area contributed by atoms with E-state index in [1.165, 1.54) is 0 Å². The minimum atomic E-state index is -0.0980. The van der Waals surface area contributed by atoms with Gasteiger partial charge in [-0.2, -0.15) is 5.10 Å². The van der Waals surface area contributed by atoms with E-state index in [4.69, 9.17) is 4.42 Å². The van der Waals surface area contributed by atoms with Crippen LogP contribution in [0.1, 0.15) is 36.0 Å². The summed E-state index contributed by atoms with van der Waals surface area (Å²) in [6.07, 6.45) is 1.12. The third kappa shape index (κ3) is 4.31. The number of hydrogen-bond acceptors (Lipinski definition) is 3. The van der Waals surface area contributed by atoms with Crippen molar-refractivity contribution in [2.24, 2.45) is 5.10 Å². The van der Waals surface area contributed by atoms with Crippen LogP contribution in [0.25, 0.3) is 0 Å². The predicted molar refractivity (Wildman–Crippen MR) is 83.3 cm³/mol. The fourth-order valence-corrected chi connectivity index (χ4v) is 2.16. The molecule has 0 radical (unpaired) electrons. The lowest BCUT2D eigenvalue weighted by atomic mass is 10.1. The zero-order chi connectivity index (χ0) is 15.2. The van der Waals surface area contributed by atoms with E-state index in [1.54, 1.807) is 0 Å². The molecule has 0 atom stereocenters. The Labute approximate surface area is 124 Å². The van der Waals surface area contributed by atoms with Gasteiger partial charge in [-0.25, -0.2) is 5.43 Å². The summed E-state index contributed by atoms with van der Waals surface area (Å²) in [5.74, 6) is 1.46. The zero-order valence-electron chi connectivity index (χ0n) is 12.6. The Bertz CT molecular complexity index is 642. The number of amides is 1. The minimum absolute atomic E-state index is 0.0980. The maximum Gasteiger partial charge on any atom is 0.240 e. The van der Waals surface area contributed by atoms with E-state index in [-0.39, 0.29) is 5.91 Å². The molecule has 1 N–H and O–H groups in total. The Kier molecular flexibility index (Phi) is 4.93. The summed E-state index contributed by atoms with van der Waals surface area (Å²) in [7, 11) is 0. The Balaban J connectivity index is 1.88. The van der Waals surface area contributed by atoms with Crippen LogP contribution in [0.2, 0.25) is 0 Å². The molecule has 110 valence electrons. The van der Waals surface area contributed by atoms with Crippen LogP contribution in [0.15, 0.2) is 45.9 Å². The highest BCUT2D eigenvalue weighted by Crippen LogP contribution is 2.14. The Morgan fingerprint density at radius 2 is 1.95 bits per heavy atom. The van der Waals surface area contributed by atoms with E-state index in [9.17, 15) is 4.79 Å². The van der Waals surface area contributed by atoms with Crippen molar-refractivity contribution < 1.29 is 9.21 Å². The van der Waals surface area contributed by atoms with E-state index < -0.39 is 0 Å². The van der Waals surface area contributed by atoms with Gasteiger partial charge in [0, 0.05) is 6.42 Å². The van der Waals surface area contributed by atoms with E-state index in [0.717, 1.165) is 22.6 Å². The highest BCUT2D eigenvalue weighted by Gasteiger charge is 2.09. The number of aryl methyl sites for hydroxylation is 3. The summed E-state index contributed by atoms with van der Waals surface area (Å²) in [4.78, 5) is 11.8. The van der Waals surface area contributed by atoms with Gasteiger partial charge in [-0.1, -0.05) is 30.3 Å². The molecule has 0 unspecified atom stereocenters. The van der Waals surface area contributed by atoms with Crippen molar-refractivity contribution in [2.75, 3.05) is 0 Å². The van der Waals surface area contributed by atoms with Crippen molar-refractivity contribution >= 4 is 11.6 Å². The summed E-state index contributed by atoms with van der Waals surface area (Å²) >= 11 is 0. The van der Waals surface area contributed by atoms with Crippen molar-refractivity contribution in [3.63, 3.8) is 0 Å². The highest BCUT2D eigenvalue weighted by molar-refractivity contribution is 5.98. The molecule has 0 fully saturated rings. The molecule has 0 spiro atoms. The number of nitrogens with zero attached hydrogens (tertiary/aromatic N) is 1. The van der Waals surface area contributed by atoms with Gasteiger partial charge in [0.15, 0.2) is 5.76 Å². The lowest BCUT2D eigenvalue weighted by Gasteiger charge is -2.02. The highest BCUT2D eigenvalue weighted by atomic mass is 16.3. The number of carbonyl (C=O) groups excluding carboxylic acids is 1. The summed E-state index contributed by atoms with van der Waals surface area (Å²) < 4.78 is 5.56. The van der Waals surface area contributed by atoms with Crippen LogP contribution in [-0.2, 0) is 11.2 Å². The van der Waals surface area contributed by atoms with Crippen LogP contribution in [0.4, 0.5) is 0 Å². The molecule has 1 aromatic heterocycles. The lowest BCUT2D eigenvalue weighted by Crippen LogP contribution is -2.19. The first-order valence-corrected chi connectivity index (χ1v) is 7.00. The van der Waals surface area contributed by atoms with E-state index in [1.807, 2.05) is 57.2 Å². The number of benzene rings is 1. The first-order chi connectivity index (χ1) is 10.1. The van der Waals surface area contributed by atoms with E-state index in [0.29, 0.717) is 18.6 Å². The smallest absolute Gasteiger partial charge is 0.240 e. The van der Waals surface area contributed by atoms with Gasteiger partial charge >= 0.3 is 0 Å². The van der Waals surface area contributed by atoms with Gasteiger partial charge < -0.3 is 4.42 Å². The average Bonchev–Trinajstić information content (AvgIpc) is 2.82. The first-order valence-electron chi connectivity index (χ1n) is 7.00. The van der Waals surface area contributed by atoms with Crippen LogP contribution in [-0.4, -0.2) is 11.6 Å². The van der Waals surface area contributed by atoms with Crippen molar-refractivity contribution in [1.29, 1.82) is 0 Å². The minimum Gasteiger partial charge on any atom is -0.460 e. The van der Waals surface area contributed by atoms with Crippen LogP contribution < -0.4 is 5.43 Å². The molecule has 0 bridgehead atoms. The number of carbonyl (C=O) groups is 1. The molecule has 4 nitrogen and oxygen atoms in total. The van der Waals surface area contributed by atoms with Gasteiger partial charge in [0.25, 0.3) is 0 Å². The number of furan rings is 1. The number of hydrazone groups is 1. The molecule has 0 aliphatic rings. The Hall–Kier alpha value is -2.36. The molecule has 1 heterocycles. The molecule has 0 aliphatic carbocycles. The van der Waals surface area contributed by atoms with Crippen molar-refractivity contribution in [1.82, 2.24) is 5.43 Å². The molecule has 21 heavy (non-hydrogen) atoms. The summed E-state index contributed by atoms with van der Waals surface area (Å²) in [5, 5.41) is 4.10. The second-order valence-corrected chi connectivity index (χ2v) is 5.09. The maximum atomic E-state index is 11.8. The van der Waals surface area contributed by atoms with Crippen LogP contribution in [0.5, 0.6) is 0 Å². The molecular formula is C17H20N2O2. The molecule has 0 saturated carbocycles. The first kappa shape index (κ1) is 15.0. The molecular weight excluding hydrogens is 264 g/mol. The second kappa shape index (κ2) is 6.88. The SMILES string of the molecule is C/C(=N\NC(=O)CCc1ccccc1)c1oc(C)cc1C. The Morgan fingerprint density at radius 1 is 1.24 bits per heavy atom. The topological polar surface area (TPSA) is 54.6 Å². The molecule has 0 saturated heterocycles. The van der Waals surface area contributed by atoms with Crippen LogP contribution in [0.3, 0.4) is 0 Å². The van der Waals surface area contributed by atoms with Crippen LogP contribution in [0, 0.1) is 13.8 Å². The third-order valence-electron chi connectivity index (χ3n) is 3.20. The quantitative estimate of drug-likeness (QED) is 0.676. The van der Waals surface area contributed by atoms with Gasteiger partial charge in [-0.3, -0.25) is 4.79 Å². The standard InChI is InChI=1S/C17H20N2O2/c1-12-11-13(2)21-17(12)14(3)18-19-16(20)10-9-15-7-5-4-6-8-15/h4-8,11H,9-10H2,1-3H3,(H,19,20)/b18-14+. The van der Waals surface area contributed by atoms with Gasteiger partial charge in [-0.05, 0) is 44.4 Å². The average molecular weight is 284 g/mol. The summed E-state index contributed by atoms with van der Waals surface area (Å²) in [6, 6.07) is 11.9. The molecule has 0 aliphatic heterocycles. The zero-order valence-corrected chi connectivity index (χ0v) is 12.6. The Morgan fingerprint density at radius 3 is 2.57 bits per heavy atom. The second-order valence-electron chi connectivity index (χ2n) is 5.09. The number of rotatable bonds is 5. The van der Waals surface area contributed by atoms with E-state index >= 15 is 0 Å². The van der Waals surface area contributed by atoms with Gasteiger partial charge in [0.2, 0.25) is 5.91 Å². The molecule has 2 rings (SSSR count). The number of nitrogens with one attached hydrogen (secondary N) is 1. The molecule has 1 amide bonds. The van der Waals surface area contributed by atoms with Gasteiger partial charge in [0.05, 0.1) is 0 Å². The summed E-state index contributed by atoms with van der Waals surface area (Å²) in [6.45, 7) is 5.67. The largest absolute Gasteiger partial charge is 0.460 e. The predicted octanol–water partition coefficient (Wildman–Crippen LogP) is 3.37. The lowest BCUT2D eigenvalue weighted by molar-refractivity contribution is -0.121. The van der Waals surface area contributed by atoms with Gasteiger partial charge in [0.1, 0.15) is 11.5 Å². The van der Waals surface area contributed by atoms with Crippen LogP contribution >= 0.6 is 0 Å². The molecule has 1 aromatic carbocycles. The molecule has 4 heteroatoms. The monoisotopic (exact) mass is 284 g/mol. The summed E-state index contributed by atoms with van der Waals surface area (Å²) in [5.41, 5.74) is 5.42. The normalized spacial score (nSPS) is 11.5. The number of hydrogen-bond donors (Lipinski definition) is 1. The van der Waals surface area contributed by atoms with Crippen molar-refractivity contribution in [3.8, 4) is 0 Å². The van der Waals surface area contributed by atoms with Crippen molar-refractivity contribution in [2.45, 2.75) is 33.6 Å².